The highest BCUT2D eigenvalue weighted by Crippen LogP contribution is 2.67. The van der Waals surface area contributed by atoms with Crippen molar-refractivity contribution in [2.24, 2.45) is 0 Å². The predicted octanol–water partition coefficient (Wildman–Crippen LogP) is 2.71. The summed E-state index contributed by atoms with van der Waals surface area (Å²) in [5.74, 6) is 2.10. The Labute approximate surface area is 278 Å². The molecule has 9 aliphatic rings. The Morgan fingerprint density at radius 1 is 0.854 bits per heavy atom. The van der Waals surface area contributed by atoms with Gasteiger partial charge in [-0.25, -0.2) is 0 Å². The third-order valence-electron chi connectivity index (χ3n) is 14.2. The quantitative estimate of drug-likeness (QED) is 0.389. The number of rotatable bonds is 3. The Hall–Kier alpha value is -3.38. The van der Waals surface area contributed by atoms with Gasteiger partial charge in [0.05, 0.1) is 23.0 Å². The van der Waals surface area contributed by atoms with E-state index < -0.39 is 17.1 Å². The summed E-state index contributed by atoms with van der Waals surface area (Å²) in [7, 11) is 0. The summed E-state index contributed by atoms with van der Waals surface area (Å²) in [6, 6.07) is 8.70. The highest BCUT2D eigenvalue weighted by atomic mass is 16.6. The van der Waals surface area contributed by atoms with Gasteiger partial charge in [0.15, 0.2) is 23.8 Å². The number of likely N-dealkylation sites (tertiary alicyclic amines) is 1. The molecule has 4 aliphatic carbocycles. The number of nitrogens with zero attached hydrogens (tertiary/aromatic N) is 3. The number of ketones is 2. The van der Waals surface area contributed by atoms with Gasteiger partial charge in [0, 0.05) is 47.5 Å². The molecule has 252 valence electrons. The van der Waals surface area contributed by atoms with Crippen LogP contribution in [0.25, 0.3) is 0 Å². The van der Waals surface area contributed by atoms with Crippen LogP contribution in [0, 0.1) is 24.0 Å². The van der Waals surface area contributed by atoms with Crippen LogP contribution < -0.4 is 9.47 Å². The van der Waals surface area contributed by atoms with Gasteiger partial charge in [-0.1, -0.05) is 24.3 Å². The Morgan fingerprint density at radius 2 is 1.46 bits per heavy atom. The van der Waals surface area contributed by atoms with E-state index in [1.54, 1.807) is 0 Å². The minimum atomic E-state index is -1.08. The molecule has 0 amide bonds. The second-order valence-corrected chi connectivity index (χ2v) is 15.8. The molecule has 3 saturated heterocycles. The van der Waals surface area contributed by atoms with Crippen LogP contribution in [0.4, 0.5) is 0 Å². The summed E-state index contributed by atoms with van der Waals surface area (Å²) < 4.78 is 19.0. The largest absolute Gasteiger partial charge is 0.481 e. The van der Waals surface area contributed by atoms with Crippen LogP contribution in [0.1, 0.15) is 71.9 Å². The van der Waals surface area contributed by atoms with Crippen LogP contribution in [0.3, 0.4) is 0 Å². The lowest BCUT2D eigenvalue weighted by atomic mass is 9.49. The zero-order valence-corrected chi connectivity index (χ0v) is 27.5. The molecule has 1 unspecified atom stereocenters. The van der Waals surface area contributed by atoms with Crippen molar-refractivity contribution in [3.05, 3.63) is 67.8 Å². The molecule has 5 fully saturated rings. The number of piperidine rings is 2. The van der Waals surface area contributed by atoms with Gasteiger partial charge < -0.3 is 19.3 Å². The standard InChI is InChI=1S/C19H22N2O5.C18H19NO3/c1-11-2-3-12-10-14-19(23)5-4-13(22)17-18(19,15(12)16(11)26-17)6-7-20(14)8-9-21(24)25;1-10-2-3-11-8-13-18-5-4-12(20)16-17(18,14(11)15(10)22-16)6-7-19(13)9-21-18/h2-3,14,17,23H,4-10H2,1H3;2-3,13,16H,4-9H2,1H3/t14-,17+,18+,19-;13-,16+,17+,18-/m11/s1. The molecule has 11 heteroatoms. The smallest absolute Gasteiger partial charge is 0.216 e. The highest BCUT2D eigenvalue weighted by molar-refractivity contribution is 5.90. The molecule has 0 aromatic heterocycles. The summed E-state index contributed by atoms with van der Waals surface area (Å²) in [6.45, 7) is 6.64. The first-order valence-electron chi connectivity index (χ1n) is 17.7. The summed E-state index contributed by atoms with van der Waals surface area (Å²) in [4.78, 5) is 40.5. The topological polar surface area (TPSA) is 132 Å². The van der Waals surface area contributed by atoms with E-state index in [0.29, 0.717) is 51.2 Å². The Balaban J connectivity index is 0.000000124. The predicted molar refractivity (Wildman–Crippen MR) is 171 cm³/mol. The van der Waals surface area contributed by atoms with Crippen LogP contribution in [0.5, 0.6) is 11.5 Å². The normalized spacial score (nSPS) is 41.4. The summed E-state index contributed by atoms with van der Waals surface area (Å²) in [6.07, 6.45) is 4.47. The third-order valence-corrected chi connectivity index (χ3v) is 14.2. The Bertz CT molecular complexity index is 1850. The number of ether oxygens (including phenoxy) is 3. The molecule has 11 nitrogen and oxygen atoms in total. The zero-order chi connectivity index (χ0) is 33.0. The SMILES string of the molecule is Cc1ccc2c3c1O[C@H]1C(=O)CC[C@@]4(O)[C@@H](C2)N(CC[N+](=O)[O-])CC[C@]314.Cc1ccc2c3c1O[C@H]1C(=O)CC[C@]45OCN(CC[C@]314)[C@@H]5C2. The number of hydrogen-bond donors (Lipinski definition) is 1. The van der Waals surface area contributed by atoms with Gasteiger partial charge in [-0.05, 0) is 81.2 Å². The fourth-order valence-corrected chi connectivity index (χ4v) is 12.2. The molecule has 1 N–H and O–H groups in total. The molecule has 5 aliphatic heterocycles. The Morgan fingerprint density at radius 3 is 2.15 bits per heavy atom. The summed E-state index contributed by atoms with van der Waals surface area (Å²) in [5, 5.41) is 22.8. The van der Waals surface area contributed by atoms with E-state index in [9.17, 15) is 24.8 Å². The third kappa shape index (κ3) is 3.21. The van der Waals surface area contributed by atoms with Gasteiger partial charge in [-0.2, -0.15) is 0 Å². The molecule has 9 atom stereocenters. The van der Waals surface area contributed by atoms with E-state index in [-0.39, 0.29) is 46.2 Å². The van der Waals surface area contributed by atoms with Crippen LogP contribution in [0.15, 0.2) is 24.3 Å². The molecular formula is C37H41N3O8. The van der Waals surface area contributed by atoms with E-state index in [1.807, 2.05) is 13.0 Å². The average Bonchev–Trinajstić information content (AvgIpc) is 3.68. The second kappa shape index (κ2) is 9.44. The molecule has 3 spiro atoms. The molecular weight excluding hydrogens is 614 g/mol. The van der Waals surface area contributed by atoms with E-state index in [1.165, 1.54) is 11.1 Å². The maximum absolute atomic E-state index is 12.7. The van der Waals surface area contributed by atoms with Crippen LogP contribution in [-0.4, -0.2) is 99.8 Å². The fraction of sp³-hybridized carbons (Fsp3) is 0.622. The van der Waals surface area contributed by atoms with Gasteiger partial charge in [0.25, 0.3) is 0 Å². The average molecular weight is 656 g/mol. The molecule has 48 heavy (non-hydrogen) atoms. The molecule has 5 heterocycles. The first kappa shape index (κ1) is 29.5. The molecule has 2 saturated carbocycles. The maximum Gasteiger partial charge on any atom is 0.216 e. The summed E-state index contributed by atoms with van der Waals surface area (Å²) in [5.41, 5.74) is 4.80. The van der Waals surface area contributed by atoms with Gasteiger partial charge >= 0.3 is 0 Å². The number of aliphatic hydroxyl groups is 1. The lowest BCUT2D eigenvalue weighted by Crippen LogP contribution is -2.76. The number of carbonyl (C=O) groups excluding carboxylic acids is 2. The van der Waals surface area contributed by atoms with Crippen molar-refractivity contribution in [3.8, 4) is 11.5 Å². The van der Waals surface area contributed by atoms with E-state index >= 15 is 0 Å². The molecule has 2 aromatic carbocycles. The lowest BCUT2D eigenvalue weighted by molar-refractivity contribution is -0.481. The van der Waals surface area contributed by atoms with E-state index in [0.717, 1.165) is 66.3 Å². The highest BCUT2D eigenvalue weighted by Gasteiger charge is 2.76. The maximum atomic E-state index is 12.7. The number of nitro groups is 1. The minimum Gasteiger partial charge on any atom is -0.481 e. The van der Waals surface area contributed by atoms with Gasteiger partial charge in [-0.15, -0.1) is 0 Å². The monoisotopic (exact) mass is 655 g/mol. The fourth-order valence-electron chi connectivity index (χ4n) is 12.2. The van der Waals surface area contributed by atoms with Crippen molar-refractivity contribution in [1.82, 2.24) is 9.80 Å². The molecule has 6 bridgehead atoms. The van der Waals surface area contributed by atoms with Crippen molar-refractivity contribution < 1.29 is 33.8 Å². The van der Waals surface area contributed by atoms with E-state index in [4.69, 9.17) is 14.2 Å². The van der Waals surface area contributed by atoms with Crippen molar-refractivity contribution in [2.75, 3.05) is 32.9 Å². The van der Waals surface area contributed by atoms with Gasteiger partial charge in [0.1, 0.15) is 23.8 Å². The van der Waals surface area contributed by atoms with Crippen molar-refractivity contribution in [1.29, 1.82) is 0 Å². The van der Waals surface area contributed by atoms with Crippen LogP contribution in [-0.2, 0) is 38.0 Å². The van der Waals surface area contributed by atoms with Crippen LogP contribution in [0.2, 0.25) is 0 Å². The Kier molecular flexibility index (Phi) is 5.81. The first-order chi connectivity index (χ1) is 23.1. The zero-order valence-electron chi connectivity index (χ0n) is 27.5. The van der Waals surface area contributed by atoms with Crippen molar-refractivity contribution in [3.63, 3.8) is 0 Å². The van der Waals surface area contributed by atoms with Crippen molar-refractivity contribution >= 4 is 11.6 Å². The van der Waals surface area contributed by atoms with Gasteiger partial charge in [0.2, 0.25) is 6.54 Å². The minimum absolute atomic E-state index is 0.0654. The molecule has 11 rings (SSSR count). The summed E-state index contributed by atoms with van der Waals surface area (Å²) >= 11 is 0. The lowest BCUT2D eigenvalue weighted by Gasteiger charge is -2.62. The van der Waals surface area contributed by atoms with Gasteiger partial charge in [-0.3, -0.25) is 29.5 Å². The number of Topliss-reactive ketones (excluding diaryl/α,β-unsaturated/α-hetero) is 2. The van der Waals surface area contributed by atoms with Crippen molar-refractivity contribution in [2.45, 2.75) is 112 Å². The molecule has 2 aromatic rings. The number of aryl methyl sites for hydroxylation is 2. The number of hydrogen-bond acceptors (Lipinski definition) is 10. The second-order valence-electron chi connectivity index (χ2n) is 15.8. The number of carbonyl (C=O) groups is 2. The first-order valence-corrected chi connectivity index (χ1v) is 17.7. The number of benzene rings is 2. The van der Waals surface area contributed by atoms with E-state index in [2.05, 4.69) is 34.9 Å². The molecule has 0 radical (unpaired) electrons. The van der Waals surface area contributed by atoms with Crippen LogP contribution >= 0.6 is 0 Å².